The van der Waals surface area contributed by atoms with Gasteiger partial charge in [0.15, 0.2) is 0 Å². The normalized spacial score (nSPS) is 18.4. The van der Waals surface area contributed by atoms with Crippen LogP contribution in [-0.2, 0) is 16.8 Å². The Kier molecular flexibility index (Phi) is 4.97. The standard InChI is InChI=1S/C24H23N3O2S/c28-30(29)25-23-8-4-7-22(24(23)26-30)21-13-15-27(16-14-21)17-18-9-11-20(12-10-18)19-5-2-1-3-6-19/h1-12,21H,13-17H2. The molecular weight excluding hydrogens is 394 g/mol. The molecule has 0 unspecified atom stereocenters. The van der Waals surface area contributed by atoms with E-state index in [9.17, 15) is 8.42 Å². The Balaban J connectivity index is 1.25. The first-order valence-corrected chi connectivity index (χ1v) is 11.7. The van der Waals surface area contributed by atoms with E-state index in [0.717, 1.165) is 38.0 Å². The smallest absolute Gasteiger partial charge is 0.299 e. The zero-order chi connectivity index (χ0) is 20.6. The van der Waals surface area contributed by atoms with Crippen LogP contribution in [0.15, 0.2) is 81.6 Å². The molecule has 0 radical (unpaired) electrons. The first kappa shape index (κ1) is 19.2. The molecule has 0 N–H and O–H groups in total. The van der Waals surface area contributed by atoms with Crippen molar-refractivity contribution >= 4 is 10.2 Å². The summed E-state index contributed by atoms with van der Waals surface area (Å²) in [6.45, 7) is 2.90. The van der Waals surface area contributed by atoms with Gasteiger partial charge >= 0.3 is 10.2 Å². The van der Waals surface area contributed by atoms with E-state index in [-0.39, 0.29) is 0 Å². The third kappa shape index (κ3) is 3.93. The van der Waals surface area contributed by atoms with Crippen LogP contribution >= 0.6 is 0 Å². The van der Waals surface area contributed by atoms with Gasteiger partial charge in [-0.3, -0.25) is 4.90 Å². The first-order valence-electron chi connectivity index (χ1n) is 10.3. The van der Waals surface area contributed by atoms with E-state index in [1.807, 2.05) is 18.2 Å². The number of piperidine rings is 1. The molecule has 152 valence electrons. The van der Waals surface area contributed by atoms with Crippen LogP contribution in [0.2, 0.25) is 0 Å². The van der Waals surface area contributed by atoms with Gasteiger partial charge < -0.3 is 0 Å². The van der Waals surface area contributed by atoms with E-state index in [4.69, 9.17) is 0 Å². The fourth-order valence-electron chi connectivity index (χ4n) is 4.40. The van der Waals surface area contributed by atoms with Gasteiger partial charge in [-0.05, 0) is 60.2 Å². The number of hydrogen-bond donors (Lipinski definition) is 0. The largest absolute Gasteiger partial charge is 0.364 e. The fraction of sp³-hybridized carbons (Fsp3) is 0.250. The molecule has 1 saturated heterocycles. The van der Waals surface area contributed by atoms with Gasteiger partial charge in [-0.1, -0.05) is 66.7 Å². The summed E-state index contributed by atoms with van der Waals surface area (Å²) in [5.74, 6) is 0.323. The van der Waals surface area contributed by atoms with Crippen LogP contribution < -0.4 is 10.7 Å². The highest BCUT2D eigenvalue weighted by Crippen LogP contribution is 2.27. The van der Waals surface area contributed by atoms with Gasteiger partial charge in [-0.15, -0.1) is 8.80 Å². The van der Waals surface area contributed by atoms with Crippen molar-refractivity contribution in [3.05, 3.63) is 94.6 Å². The van der Waals surface area contributed by atoms with Gasteiger partial charge in [-0.25, -0.2) is 0 Å². The summed E-state index contributed by atoms with van der Waals surface area (Å²) in [7, 11) is -3.70. The molecule has 5 nitrogen and oxygen atoms in total. The highest BCUT2D eigenvalue weighted by molar-refractivity contribution is 7.88. The first-order chi connectivity index (χ1) is 14.6. The van der Waals surface area contributed by atoms with Gasteiger partial charge in [0, 0.05) is 6.54 Å². The SMILES string of the molecule is O=S1(=O)N=c2cccc(C3CCN(Cc4ccc(-c5ccccc5)cc4)CC3)c2=N1. The molecular formula is C24H23N3O2S. The molecule has 3 aromatic rings. The molecule has 0 bridgehead atoms. The molecule has 2 aliphatic heterocycles. The zero-order valence-corrected chi connectivity index (χ0v) is 17.4. The van der Waals surface area contributed by atoms with Crippen molar-refractivity contribution < 1.29 is 8.42 Å². The lowest BCUT2D eigenvalue weighted by molar-refractivity contribution is 0.204. The van der Waals surface area contributed by atoms with E-state index in [0.29, 0.717) is 16.6 Å². The minimum Gasteiger partial charge on any atom is -0.299 e. The zero-order valence-electron chi connectivity index (χ0n) is 16.6. The second kappa shape index (κ2) is 7.78. The minimum atomic E-state index is -3.70. The van der Waals surface area contributed by atoms with Crippen molar-refractivity contribution in [3.8, 4) is 11.1 Å². The topological polar surface area (TPSA) is 62.1 Å². The third-order valence-corrected chi connectivity index (χ3v) is 6.80. The summed E-state index contributed by atoms with van der Waals surface area (Å²) in [5, 5.41) is 1.03. The van der Waals surface area contributed by atoms with E-state index >= 15 is 0 Å². The van der Waals surface area contributed by atoms with Crippen LogP contribution in [0.5, 0.6) is 0 Å². The van der Waals surface area contributed by atoms with Crippen LogP contribution in [0.4, 0.5) is 0 Å². The molecule has 6 heteroatoms. The van der Waals surface area contributed by atoms with Crippen LogP contribution in [0.3, 0.4) is 0 Å². The molecule has 0 atom stereocenters. The molecule has 1 fully saturated rings. The molecule has 30 heavy (non-hydrogen) atoms. The van der Waals surface area contributed by atoms with Crippen molar-refractivity contribution in [2.75, 3.05) is 13.1 Å². The number of fused-ring (bicyclic) bond motifs is 1. The molecule has 0 aromatic heterocycles. The van der Waals surface area contributed by atoms with Gasteiger partial charge in [0.2, 0.25) is 0 Å². The van der Waals surface area contributed by atoms with E-state index < -0.39 is 10.2 Å². The molecule has 0 aliphatic carbocycles. The van der Waals surface area contributed by atoms with Crippen molar-refractivity contribution in [1.82, 2.24) is 4.90 Å². The molecule has 2 heterocycles. The Labute approximate surface area is 176 Å². The van der Waals surface area contributed by atoms with Gasteiger partial charge in [0.1, 0.15) is 10.7 Å². The molecule has 2 aliphatic rings. The Morgan fingerprint density at radius 2 is 1.50 bits per heavy atom. The average molecular weight is 418 g/mol. The number of likely N-dealkylation sites (tertiary alicyclic amines) is 1. The second-order valence-corrected chi connectivity index (χ2v) is 9.22. The van der Waals surface area contributed by atoms with Crippen molar-refractivity contribution in [2.45, 2.75) is 25.3 Å². The van der Waals surface area contributed by atoms with Crippen LogP contribution in [-0.4, -0.2) is 26.4 Å². The maximum atomic E-state index is 11.8. The Hall–Kier alpha value is -2.83. The van der Waals surface area contributed by atoms with Crippen molar-refractivity contribution in [1.29, 1.82) is 0 Å². The highest BCUT2D eigenvalue weighted by Gasteiger charge is 2.24. The summed E-state index contributed by atoms with van der Waals surface area (Å²) >= 11 is 0. The predicted octanol–water partition coefficient (Wildman–Crippen LogP) is 3.23. The summed E-state index contributed by atoms with van der Waals surface area (Å²) in [4.78, 5) is 2.47. The lowest BCUT2D eigenvalue weighted by atomic mass is 9.88. The highest BCUT2D eigenvalue weighted by atomic mass is 32.2. The number of rotatable bonds is 4. The van der Waals surface area contributed by atoms with Crippen LogP contribution in [0.25, 0.3) is 11.1 Å². The molecule has 0 amide bonds. The lowest BCUT2D eigenvalue weighted by Crippen LogP contribution is -2.35. The quantitative estimate of drug-likeness (QED) is 0.655. The predicted molar refractivity (Wildman–Crippen MR) is 117 cm³/mol. The average Bonchev–Trinajstić information content (AvgIpc) is 3.09. The summed E-state index contributed by atoms with van der Waals surface area (Å²) in [6.07, 6.45) is 1.99. The lowest BCUT2D eigenvalue weighted by Gasteiger charge is -2.32. The van der Waals surface area contributed by atoms with Crippen molar-refractivity contribution in [2.24, 2.45) is 8.80 Å². The number of hydrogen-bond acceptors (Lipinski definition) is 3. The Morgan fingerprint density at radius 1 is 0.800 bits per heavy atom. The Morgan fingerprint density at radius 3 is 2.23 bits per heavy atom. The monoisotopic (exact) mass is 417 g/mol. The molecule has 3 aromatic carbocycles. The van der Waals surface area contributed by atoms with Gasteiger partial charge in [0.25, 0.3) is 0 Å². The van der Waals surface area contributed by atoms with Gasteiger partial charge in [-0.2, -0.15) is 8.42 Å². The van der Waals surface area contributed by atoms with Crippen LogP contribution in [0, 0.1) is 0 Å². The molecule has 0 saturated carbocycles. The van der Waals surface area contributed by atoms with Crippen molar-refractivity contribution in [3.63, 3.8) is 0 Å². The third-order valence-electron chi connectivity index (χ3n) is 5.96. The Bertz CT molecular complexity index is 1280. The molecule has 5 rings (SSSR count). The van der Waals surface area contributed by atoms with Crippen LogP contribution in [0.1, 0.15) is 29.9 Å². The summed E-state index contributed by atoms with van der Waals surface area (Å²) in [5.41, 5.74) is 4.80. The second-order valence-electron chi connectivity index (χ2n) is 7.96. The number of benzene rings is 3. The fourth-order valence-corrected chi connectivity index (χ4v) is 5.27. The summed E-state index contributed by atoms with van der Waals surface area (Å²) in [6, 6.07) is 24.8. The number of nitrogens with zero attached hydrogens (tertiary/aromatic N) is 3. The molecule has 0 spiro atoms. The summed E-state index contributed by atoms with van der Waals surface area (Å²) < 4.78 is 31.1. The maximum absolute atomic E-state index is 11.8. The van der Waals surface area contributed by atoms with E-state index in [1.165, 1.54) is 16.7 Å². The van der Waals surface area contributed by atoms with E-state index in [1.54, 1.807) is 6.07 Å². The maximum Gasteiger partial charge on any atom is 0.364 e. The van der Waals surface area contributed by atoms with Gasteiger partial charge in [0.05, 0.1) is 0 Å². The minimum absolute atomic E-state index is 0.323. The van der Waals surface area contributed by atoms with E-state index in [2.05, 4.69) is 62.2 Å².